The molecule has 0 N–H and O–H groups in total. The van der Waals surface area contributed by atoms with Crippen LogP contribution in [0.25, 0.3) is 12.2 Å². The Morgan fingerprint density at radius 1 is 0.833 bits per heavy atom. The summed E-state index contributed by atoms with van der Waals surface area (Å²) in [6.07, 6.45) is 3.64. The van der Waals surface area contributed by atoms with Crippen LogP contribution in [0.1, 0.15) is 22.8 Å². The number of aromatic nitrogens is 2. The average Bonchev–Trinajstić information content (AvgIpc) is 2.39. The molecule has 0 amide bonds. The molecule has 2 heterocycles. The van der Waals surface area contributed by atoms with Gasteiger partial charge in [0.05, 0.1) is 0 Å². The maximum atomic E-state index is 5.43. The fourth-order valence-electron chi connectivity index (χ4n) is 1.56. The first-order valence-electron chi connectivity index (χ1n) is 5.33. The third-order valence-corrected chi connectivity index (χ3v) is 2.36. The minimum absolute atomic E-state index is 0. The largest absolute Gasteiger partial charge is 2.00 e. The number of pyridine rings is 2. The van der Waals surface area contributed by atoms with Gasteiger partial charge in [-0.05, 0) is 12.1 Å². The second-order valence-corrected chi connectivity index (χ2v) is 3.62. The maximum Gasteiger partial charge on any atom is 2.00 e. The summed E-state index contributed by atoms with van der Waals surface area (Å²) in [6, 6.07) is 11.5. The van der Waals surface area contributed by atoms with Gasteiger partial charge >= 0.3 is 21.1 Å². The first-order valence-corrected chi connectivity index (χ1v) is 5.33. The van der Waals surface area contributed by atoms with Crippen molar-refractivity contribution < 1.29 is 21.1 Å². The molecule has 0 saturated heterocycles. The second kappa shape index (κ2) is 7.03. The number of hydrogen-bond donors (Lipinski definition) is 0. The van der Waals surface area contributed by atoms with E-state index in [9.17, 15) is 0 Å². The van der Waals surface area contributed by atoms with E-state index < -0.39 is 0 Å². The van der Waals surface area contributed by atoms with Crippen LogP contribution in [0.3, 0.4) is 0 Å². The molecule has 0 unspecified atom stereocenters. The molecule has 0 fully saturated rings. The summed E-state index contributed by atoms with van der Waals surface area (Å²) in [4.78, 5) is 8.76. The zero-order valence-corrected chi connectivity index (χ0v) is 12.0. The Hall–Kier alpha value is -1.53. The van der Waals surface area contributed by atoms with Crippen molar-refractivity contribution in [1.82, 2.24) is 9.97 Å². The molecule has 2 aromatic rings. The van der Waals surface area contributed by atoms with Gasteiger partial charge in [0.15, 0.2) is 0 Å². The van der Waals surface area contributed by atoms with E-state index in [0.717, 1.165) is 22.8 Å². The number of nitrogens with zero attached hydrogens (tertiary/aromatic N) is 2. The first-order chi connectivity index (χ1) is 8.31. The van der Waals surface area contributed by atoms with Crippen LogP contribution in [0.4, 0.5) is 0 Å². The summed E-state index contributed by atoms with van der Waals surface area (Å²) < 4.78 is 0. The Balaban J connectivity index is 0.00000162. The Labute approximate surface area is 122 Å². The number of hydrogen-bond acceptors (Lipinski definition) is 2. The van der Waals surface area contributed by atoms with Crippen LogP contribution >= 0.6 is 0 Å². The van der Waals surface area contributed by atoms with Crippen LogP contribution < -0.4 is 0 Å². The van der Waals surface area contributed by atoms with Gasteiger partial charge in [-0.15, -0.1) is 12.1 Å². The molecule has 92 valence electrons. The molecule has 0 bridgehead atoms. The molecule has 0 aliphatic rings. The van der Waals surface area contributed by atoms with Gasteiger partial charge in [0.1, 0.15) is 0 Å². The molecule has 0 saturated carbocycles. The molecule has 0 spiro atoms. The molecule has 0 radical (unpaired) electrons. The molecule has 18 heavy (non-hydrogen) atoms. The molecular weight excluding hydrogens is 403 g/mol. The smallest absolute Gasteiger partial charge is 0.348 e. The predicted molar refractivity (Wildman–Crippen MR) is 68.8 cm³/mol. The van der Waals surface area contributed by atoms with Crippen molar-refractivity contribution in [2.75, 3.05) is 0 Å². The van der Waals surface area contributed by atoms with Gasteiger partial charge in [-0.3, -0.25) is 13.2 Å². The zero-order valence-electron chi connectivity index (χ0n) is 9.69. The van der Waals surface area contributed by atoms with E-state index in [4.69, 9.17) is 13.2 Å². The standard InChI is InChI=1S/C15H12N2.Pt/c1-3-12-7-5-9-14(16-12)11-15-10-6-8-13(4-2)17-15;/h1-10H,11H2;/q-2;+2. The van der Waals surface area contributed by atoms with E-state index in [2.05, 4.69) is 9.97 Å². The van der Waals surface area contributed by atoms with E-state index in [1.54, 1.807) is 0 Å². The predicted octanol–water partition coefficient (Wildman–Crippen LogP) is 2.96. The third kappa shape index (κ3) is 3.75. The average molecular weight is 415 g/mol. The van der Waals surface area contributed by atoms with Gasteiger partial charge in [-0.2, -0.15) is 0 Å². The molecular formula is C15H12N2Pt. The molecule has 0 aliphatic carbocycles. The fraction of sp³-hybridized carbons (Fsp3) is 0.0667. The first kappa shape index (κ1) is 14.5. The molecule has 3 heteroatoms. The Bertz CT molecular complexity index is 500. The van der Waals surface area contributed by atoms with Gasteiger partial charge < -0.3 is 9.97 Å². The van der Waals surface area contributed by atoms with Gasteiger partial charge in [0.2, 0.25) is 0 Å². The van der Waals surface area contributed by atoms with Crippen molar-refractivity contribution in [3.63, 3.8) is 0 Å². The summed E-state index contributed by atoms with van der Waals surface area (Å²) in [5.74, 6) is 0. The molecule has 2 aromatic heterocycles. The van der Waals surface area contributed by atoms with Crippen LogP contribution in [-0.2, 0) is 27.5 Å². The minimum atomic E-state index is 0. The van der Waals surface area contributed by atoms with Crippen molar-refractivity contribution in [2.45, 2.75) is 6.42 Å². The van der Waals surface area contributed by atoms with Crippen LogP contribution in [-0.4, -0.2) is 9.97 Å². The van der Waals surface area contributed by atoms with Crippen LogP contribution in [0.2, 0.25) is 0 Å². The molecule has 2 nitrogen and oxygen atoms in total. The van der Waals surface area contributed by atoms with Crippen LogP contribution in [0, 0.1) is 13.2 Å². The van der Waals surface area contributed by atoms with Crippen LogP contribution in [0.5, 0.6) is 0 Å². The molecule has 0 atom stereocenters. The topological polar surface area (TPSA) is 25.8 Å². The van der Waals surface area contributed by atoms with Gasteiger partial charge in [0, 0.05) is 17.8 Å². The van der Waals surface area contributed by atoms with Crippen molar-refractivity contribution in [3.8, 4) is 0 Å². The summed E-state index contributed by atoms with van der Waals surface area (Å²) in [6.45, 7) is 10.9. The quantitative estimate of drug-likeness (QED) is 0.718. The van der Waals surface area contributed by atoms with E-state index in [-0.39, 0.29) is 21.1 Å². The van der Waals surface area contributed by atoms with E-state index >= 15 is 0 Å². The maximum absolute atomic E-state index is 5.43. The molecule has 2 rings (SSSR count). The molecule has 0 aliphatic heterocycles. The van der Waals surface area contributed by atoms with Crippen molar-refractivity contribution in [1.29, 1.82) is 0 Å². The normalized spacial score (nSPS) is 9.33. The molecule has 0 aromatic carbocycles. The summed E-state index contributed by atoms with van der Waals surface area (Å²) in [5, 5.41) is 0. The number of rotatable bonds is 4. The van der Waals surface area contributed by atoms with Crippen molar-refractivity contribution >= 4 is 12.2 Å². The Morgan fingerprint density at radius 3 is 1.67 bits per heavy atom. The van der Waals surface area contributed by atoms with E-state index in [0.29, 0.717) is 6.42 Å². The van der Waals surface area contributed by atoms with E-state index in [1.807, 2.05) is 36.4 Å². The van der Waals surface area contributed by atoms with Gasteiger partial charge in [-0.1, -0.05) is 23.5 Å². The SMILES string of the molecule is [CH-]=Cc1cccc(Cc2cccc(C=[CH-])n2)n1.[Pt+2]. The third-order valence-electron chi connectivity index (χ3n) is 2.36. The summed E-state index contributed by atoms with van der Waals surface area (Å²) >= 11 is 0. The Morgan fingerprint density at radius 2 is 1.28 bits per heavy atom. The van der Waals surface area contributed by atoms with Crippen molar-refractivity contribution in [2.24, 2.45) is 0 Å². The van der Waals surface area contributed by atoms with Crippen LogP contribution in [0.15, 0.2) is 36.4 Å². The van der Waals surface area contributed by atoms with E-state index in [1.165, 1.54) is 12.2 Å². The van der Waals surface area contributed by atoms with Gasteiger partial charge in [-0.25, -0.2) is 12.2 Å². The monoisotopic (exact) mass is 415 g/mol. The zero-order chi connectivity index (χ0) is 12.1. The fourth-order valence-corrected chi connectivity index (χ4v) is 1.56. The summed E-state index contributed by atoms with van der Waals surface area (Å²) in [5.41, 5.74) is 3.41. The second-order valence-electron chi connectivity index (χ2n) is 3.62. The minimum Gasteiger partial charge on any atom is -0.348 e. The summed E-state index contributed by atoms with van der Waals surface area (Å²) in [7, 11) is 0. The van der Waals surface area contributed by atoms with Gasteiger partial charge in [0.25, 0.3) is 0 Å². The van der Waals surface area contributed by atoms with Crippen molar-refractivity contribution in [3.05, 3.63) is 72.3 Å². The Kier molecular flexibility index (Phi) is 5.67.